The fraction of sp³-hybridized carbons (Fsp3) is 0.471. The molecule has 1 N–H and O–H groups in total. The van der Waals surface area contributed by atoms with E-state index in [1.54, 1.807) is 0 Å². The highest BCUT2D eigenvalue weighted by molar-refractivity contribution is 7.11. The van der Waals surface area contributed by atoms with Crippen LogP contribution in [0.1, 0.15) is 35.0 Å². The van der Waals surface area contributed by atoms with Crippen molar-refractivity contribution in [2.75, 3.05) is 13.7 Å². The van der Waals surface area contributed by atoms with Gasteiger partial charge in [-0.25, -0.2) is 4.98 Å². The molecule has 1 aromatic heterocycles. The Bertz CT molecular complexity index is 652. The maximum Gasteiger partial charge on any atom is 0.124 e. The Morgan fingerprint density at radius 2 is 2.19 bits per heavy atom. The number of para-hydroxylation sites is 1. The van der Waals surface area contributed by atoms with Crippen LogP contribution in [-0.2, 0) is 12.0 Å². The van der Waals surface area contributed by atoms with E-state index < -0.39 is 0 Å². The SMILES string of the molecule is CCc1nc(C2(NC)c3ccccc3OCC2C)sc1C. The fourth-order valence-electron chi connectivity index (χ4n) is 3.26. The Morgan fingerprint density at radius 3 is 2.86 bits per heavy atom. The van der Waals surface area contributed by atoms with Gasteiger partial charge in [0.1, 0.15) is 16.3 Å². The van der Waals surface area contributed by atoms with Crippen molar-refractivity contribution < 1.29 is 4.74 Å². The van der Waals surface area contributed by atoms with Gasteiger partial charge < -0.3 is 10.1 Å². The quantitative estimate of drug-likeness (QED) is 0.942. The molecule has 0 saturated heterocycles. The zero-order valence-corrected chi connectivity index (χ0v) is 13.9. The van der Waals surface area contributed by atoms with Crippen LogP contribution in [0.5, 0.6) is 5.75 Å². The second-order valence-electron chi connectivity index (χ2n) is 5.64. The number of aryl methyl sites for hydroxylation is 2. The molecule has 0 amide bonds. The van der Waals surface area contributed by atoms with E-state index in [0.717, 1.165) is 17.2 Å². The van der Waals surface area contributed by atoms with Gasteiger partial charge in [-0.1, -0.05) is 32.0 Å². The van der Waals surface area contributed by atoms with Crippen molar-refractivity contribution in [2.45, 2.75) is 32.7 Å². The molecule has 0 fully saturated rings. The average molecular weight is 302 g/mol. The largest absolute Gasteiger partial charge is 0.493 e. The van der Waals surface area contributed by atoms with Crippen LogP contribution in [0.25, 0.3) is 0 Å². The number of thiazole rings is 1. The predicted octanol–water partition coefficient (Wildman–Crippen LogP) is 3.51. The lowest BCUT2D eigenvalue weighted by Crippen LogP contribution is -2.51. The number of benzene rings is 1. The first-order valence-electron chi connectivity index (χ1n) is 7.51. The second kappa shape index (κ2) is 5.43. The van der Waals surface area contributed by atoms with Gasteiger partial charge in [0.15, 0.2) is 0 Å². The number of hydrogen-bond acceptors (Lipinski definition) is 4. The van der Waals surface area contributed by atoms with Gasteiger partial charge in [-0.3, -0.25) is 0 Å². The molecule has 2 heterocycles. The van der Waals surface area contributed by atoms with Crippen molar-refractivity contribution >= 4 is 11.3 Å². The van der Waals surface area contributed by atoms with Crippen LogP contribution in [0, 0.1) is 12.8 Å². The summed E-state index contributed by atoms with van der Waals surface area (Å²) in [5.74, 6) is 1.29. The normalized spacial score (nSPS) is 24.5. The Kier molecular flexibility index (Phi) is 3.76. The molecule has 3 rings (SSSR count). The third-order valence-electron chi connectivity index (χ3n) is 4.50. The number of ether oxygens (including phenoxy) is 1. The third-order valence-corrected chi connectivity index (χ3v) is 5.65. The lowest BCUT2D eigenvalue weighted by Gasteiger charge is -2.42. The van der Waals surface area contributed by atoms with Crippen molar-refractivity contribution in [1.29, 1.82) is 0 Å². The Morgan fingerprint density at radius 1 is 1.43 bits per heavy atom. The molecule has 0 aliphatic carbocycles. The molecule has 4 heteroatoms. The minimum atomic E-state index is -0.252. The van der Waals surface area contributed by atoms with Crippen molar-refractivity contribution in [3.8, 4) is 5.75 Å². The van der Waals surface area contributed by atoms with E-state index in [1.807, 2.05) is 24.5 Å². The summed E-state index contributed by atoms with van der Waals surface area (Å²) in [6.45, 7) is 7.27. The maximum absolute atomic E-state index is 5.91. The fourth-order valence-corrected chi connectivity index (χ4v) is 4.59. The summed E-state index contributed by atoms with van der Waals surface area (Å²) in [6.07, 6.45) is 0.981. The van der Waals surface area contributed by atoms with E-state index in [2.05, 4.69) is 44.3 Å². The van der Waals surface area contributed by atoms with Crippen LogP contribution < -0.4 is 10.1 Å². The van der Waals surface area contributed by atoms with E-state index >= 15 is 0 Å². The lowest BCUT2D eigenvalue weighted by atomic mass is 9.77. The summed E-state index contributed by atoms with van der Waals surface area (Å²) in [5.41, 5.74) is 2.15. The molecule has 2 aromatic rings. The maximum atomic E-state index is 5.91. The Hall–Kier alpha value is -1.39. The molecule has 1 aliphatic rings. The topological polar surface area (TPSA) is 34.2 Å². The van der Waals surface area contributed by atoms with Gasteiger partial charge in [0.05, 0.1) is 12.3 Å². The van der Waals surface area contributed by atoms with E-state index in [4.69, 9.17) is 9.72 Å². The highest BCUT2D eigenvalue weighted by Gasteiger charge is 2.46. The minimum Gasteiger partial charge on any atom is -0.493 e. The van der Waals surface area contributed by atoms with Crippen LogP contribution in [0.15, 0.2) is 24.3 Å². The van der Waals surface area contributed by atoms with Crippen molar-refractivity contribution in [3.05, 3.63) is 45.4 Å². The Labute approximate surface area is 130 Å². The minimum absolute atomic E-state index is 0.252. The molecule has 21 heavy (non-hydrogen) atoms. The molecule has 2 atom stereocenters. The summed E-state index contributed by atoms with van der Waals surface area (Å²) < 4.78 is 5.91. The molecule has 0 radical (unpaired) electrons. The Balaban J connectivity index is 2.23. The van der Waals surface area contributed by atoms with Crippen LogP contribution in [0.2, 0.25) is 0 Å². The predicted molar refractivity (Wildman–Crippen MR) is 87.2 cm³/mol. The van der Waals surface area contributed by atoms with Crippen LogP contribution >= 0.6 is 11.3 Å². The summed E-state index contributed by atoms with van der Waals surface area (Å²) in [4.78, 5) is 6.26. The number of nitrogens with zero attached hydrogens (tertiary/aromatic N) is 1. The first kappa shape index (κ1) is 14.5. The molecule has 1 aliphatic heterocycles. The van der Waals surface area contributed by atoms with E-state index in [9.17, 15) is 0 Å². The van der Waals surface area contributed by atoms with E-state index in [0.29, 0.717) is 12.5 Å². The number of hydrogen-bond donors (Lipinski definition) is 1. The molecular formula is C17H22N2OS. The summed E-state index contributed by atoms with van der Waals surface area (Å²) >= 11 is 1.81. The van der Waals surface area contributed by atoms with E-state index in [1.165, 1.54) is 16.1 Å². The average Bonchev–Trinajstić information content (AvgIpc) is 2.89. The van der Waals surface area contributed by atoms with Gasteiger partial charge in [0.2, 0.25) is 0 Å². The lowest BCUT2D eigenvalue weighted by molar-refractivity contribution is 0.146. The zero-order valence-electron chi connectivity index (χ0n) is 13.1. The highest BCUT2D eigenvalue weighted by atomic mass is 32.1. The molecule has 2 unspecified atom stereocenters. The zero-order chi connectivity index (χ0) is 15.0. The first-order chi connectivity index (χ1) is 10.1. The standard InChI is InChI=1S/C17H22N2OS/c1-5-14-12(3)21-16(19-14)17(18-4)11(2)10-20-15-9-7-6-8-13(15)17/h6-9,11,18H,5,10H2,1-4H3. The van der Waals surface area contributed by atoms with Gasteiger partial charge in [-0.15, -0.1) is 11.3 Å². The number of aromatic nitrogens is 1. The van der Waals surface area contributed by atoms with Crippen LogP contribution in [0.3, 0.4) is 0 Å². The molecule has 112 valence electrons. The molecular weight excluding hydrogens is 280 g/mol. The van der Waals surface area contributed by atoms with Gasteiger partial charge in [0.25, 0.3) is 0 Å². The van der Waals surface area contributed by atoms with Gasteiger partial charge in [-0.05, 0) is 26.5 Å². The van der Waals surface area contributed by atoms with Crippen LogP contribution in [-0.4, -0.2) is 18.6 Å². The summed E-state index contributed by atoms with van der Waals surface area (Å²) in [6, 6.07) is 8.31. The van der Waals surface area contributed by atoms with E-state index in [-0.39, 0.29) is 5.54 Å². The molecule has 0 saturated carbocycles. The molecule has 1 aromatic carbocycles. The van der Waals surface area contributed by atoms with Gasteiger partial charge in [-0.2, -0.15) is 0 Å². The number of nitrogens with one attached hydrogen (secondary N) is 1. The first-order valence-corrected chi connectivity index (χ1v) is 8.33. The summed E-state index contributed by atoms with van der Waals surface area (Å²) in [7, 11) is 2.03. The molecule has 0 bridgehead atoms. The molecule has 3 nitrogen and oxygen atoms in total. The number of rotatable bonds is 3. The molecule has 0 spiro atoms. The second-order valence-corrected chi connectivity index (χ2v) is 6.84. The monoisotopic (exact) mass is 302 g/mol. The summed E-state index contributed by atoms with van der Waals surface area (Å²) in [5, 5.41) is 4.73. The third kappa shape index (κ3) is 2.09. The van der Waals surface area contributed by atoms with Crippen molar-refractivity contribution in [3.63, 3.8) is 0 Å². The van der Waals surface area contributed by atoms with Gasteiger partial charge >= 0.3 is 0 Å². The smallest absolute Gasteiger partial charge is 0.124 e. The van der Waals surface area contributed by atoms with Crippen molar-refractivity contribution in [2.24, 2.45) is 5.92 Å². The number of fused-ring (bicyclic) bond motifs is 1. The van der Waals surface area contributed by atoms with Crippen molar-refractivity contribution in [1.82, 2.24) is 10.3 Å². The van der Waals surface area contributed by atoms with Crippen LogP contribution in [0.4, 0.5) is 0 Å². The highest BCUT2D eigenvalue weighted by Crippen LogP contribution is 2.46. The van der Waals surface area contributed by atoms with Gasteiger partial charge in [0, 0.05) is 16.4 Å².